The number of carbonyl (C=O) groups excluding carboxylic acids is 1. The Kier molecular flexibility index (Phi) is 3.49. The van der Waals surface area contributed by atoms with Crippen LogP contribution in [0.3, 0.4) is 0 Å². The lowest BCUT2D eigenvalue weighted by molar-refractivity contribution is 0.249. The zero-order chi connectivity index (χ0) is 9.68. The Morgan fingerprint density at radius 2 is 2.54 bits per heavy atom. The van der Waals surface area contributed by atoms with Crippen LogP contribution in [0.15, 0.2) is 17.3 Å². The van der Waals surface area contributed by atoms with E-state index in [0.717, 1.165) is 12.8 Å². The van der Waals surface area contributed by atoms with Gasteiger partial charge in [0, 0.05) is 12.1 Å². The van der Waals surface area contributed by atoms with Crippen molar-refractivity contribution in [3.63, 3.8) is 0 Å². The van der Waals surface area contributed by atoms with Crippen molar-refractivity contribution in [3.05, 3.63) is 12.2 Å². The molecule has 1 aliphatic rings. The van der Waals surface area contributed by atoms with Crippen molar-refractivity contribution in [3.8, 4) is 0 Å². The average molecular weight is 181 g/mol. The molecule has 2 amide bonds. The number of primary amides is 1. The van der Waals surface area contributed by atoms with Gasteiger partial charge >= 0.3 is 6.03 Å². The van der Waals surface area contributed by atoms with Crippen molar-refractivity contribution in [1.29, 1.82) is 0 Å². The Hall–Kier alpha value is -1.32. The summed E-state index contributed by atoms with van der Waals surface area (Å²) in [5.41, 5.74) is 7.06. The summed E-state index contributed by atoms with van der Waals surface area (Å²) in [7, 11) is 0. The monoisotopic (exact) mass is 181 g/mol. The molecule has 1 aliphatic carbocycles. The number of nitrogens with zero attached hydrogens (tertiary/aromatic N) is 1. The third-order valence-electron chi connectivity index (χ3n) is 2.22. The predicted molar refractivity (Wildman–Crippen MR) is 52.2 cm³/mol. The van der Waals surface area contributed by atoms with Gasteiger partial charge in [-0.15, -0.1) is 0 Å². The quantitative estimate of drug-likeness (QED) is 0.375. The van der Waals surface area contributed by atoms with E-state index in [1.54, 1.807) is 6.21 Å². The van der Waals surface area contributed by atoms with E-state index >= 15 is 0 Å². The molecule has 0 spiro atoms. The van der Waals surface area contributed by atoms with Crippen LogP contribution in [0.4, 0.5) is 4.79 Å². The highest BCUT2D eigenvalue weighted by molar-refractivity contribution is 5.73. The summed E-state index contributed by atoms with van der Waals surface area (Å²) < 4.78 is 0. The summed E-state index contributed by atoms with van der Waals surface area (Å²) in [6.07, 6.45) is 8.28. The Balaban J connectivity index is 2.39. The van der Waals surface area contributed by atoms with Crippen molar-refractivity contribution < 1.29 is 4.79 Å². The maximum Gasteiger partial charge on any atom is 0.332 e. The summed E-state index contributed by atoms with van der Waals surface area (Å²) in [6, 6.07) is -0.616. The summed E-state index contributed by atoms with van der Waals surface area (Å²) in [5.74, 6) is 0.907. The van der Waals surface area contributed by atoms with Gasteiger partial charge in [0.25, 0.3) is 0 Å². The van der Waals surface area contributed by atoms with Gasteiger partial charge in [-0.1, -0.05) is 19.1 Å². The second kappa shape index (κ2) is 4.64. The molecule has 72 valence electrons. The molecule has 2 unspecified atom stereocenters. The number of nitrogens with two attached hydrogens (primary N) is 1. The lowest BCUT2D eigenvalue weighted by atomic mass is 9.86. The van der Waals surface area contributed by atoms with Crippen molar-refractivity contribution in [1.82, 2.24) is 5.43 Å². The standard InChI is InChI=1S/C9H15N3O/c1-7-4-2-3-5-8(7)6-11-12-9(10)13/h2,4,6-8H,3,5H2,1H3,(H3,10,12,13)/b11-6+. The first kappa shape index (κ1) is 9.77. The minimum Gasteiger partial charge on any atom is -0.350 e. The summed E-state index contributed by atoms with van der Waals surface area (Å²) in [4.78, 5) is 10.3. The van der Waals surface area contributed by atoms with Gasteiger partial charge in [0.05, 0.1) is 0 Å². The molecule has 0 heterocycles. The van der Waals surface area contributed by atoms with Crippen LogP contribution < -0.4 is 11.2 Å². The normalized spacial score (nSPS) is 27.8. The highest BCUT2D eigenvalue weighted by atomic mass is 16.2. The van der Waals surface area contributed by atoms with Crippen molar-refractivity contribution in [2.45, 2.75) is 19.8 Å². The number of allylic oxidation sites excluding steroid dienone is 2. The van der Waals surface area contributed by atoms with Crippen LogP contribution in [0, 0.1) is 11.8 Å². The maximum absolute atomic E-state index is 10.3. The van der Waals surface area contributed by atoms with Gasteiger partial charge in [0.1, 0.15) is 0 Å². The summed E-state index contributed by atoms with van der Waals surface area (Å²) >= 11 is 0. The van der Waals surface area contributed by atoms with Crippen molar-refractivity contribution in [2.24, 2.45) is 22.7 Å². The van der Waals surface area contributed by atoms with E-state index in [1.807, 2.05) is 0 Å². The minimum absolute atomic E-state index is 0.414. The fraction of sp³-hybridized carbons (Fsp3) is 0.556. The van der Waals surface area contributed by atoms with Gasteiger partial charge in [-0.2, -0.15) is 5.10 Å². The third kappa shape index (κ3) is 3.27. The number of amides is 2. The maximum atomic E-state index is 10.3. The minimum atomic E-state index is -0.616. The predicted octanol–water partition coefficient (Wildman–Crippen LogP) is 1.24. The second-order valence-corrected chi connectivity index (χ2v) is 3.28. The van der Waals surface area contributed by atoms with Gasteiger partial charge in [0.15, 0.2) is 0 Å². The number of hydrogen-bond acceptors (Lipinski definition) is 2. The summed E-state index contributed by atoms with van der Waals surface area (Å²) in [5, 5.41) is 3.76. The van der Waals surface area contributed by atoms with E-state index in [1.165, 1.54) is 0 Å². The molecule has 0 aromatic carbocycles. The third-order valence-corrected chi connectivity index (χ3v) is 2.22. The van der Waals surface area contributed by atoms with Gasteiger partial charge in [0.2, 0.25) is 0 Å². The average Bonchev–Trinajstić information content (AvgIpc) is 2.08. The molecule has 0 aromatic heterocycles. The summed E-state index contributed by atoms with van der Waals surface area (Å²) in [6.45, 7) is 2.14. The molecule has 0 saturated carbocycles. The van der Waals surface area contributed by atoms with Crippen LogP contribution in [-0.2, 0) is 0 Å². The Labute approximate surface area is 77.9 Å². The van der Waals surface area contributed by atoms with E-state index in [2.05, 4.69) is 29.6 Å². The molecule has 0 aromatic rings. The van der Waals surface area contributed by atoms with E-state index in [0.29, 0.717) is 11.8 Å². The highest BCUT2D eigenvalue weighted by Gasteiger charge is 2.14. The zero-order valence-electron chi connectivity index (χ0n) is 7.73. The lowest BCUT2D eigenvalue weighted by Gasteiger charge is -2.19. The van der Waals surface area contributed by atoms with Crippen molar-refractivity contribution in [2.75, 3.05) is 0 Å². The first-order chi connectivity index (χ1) is 6.20. The number of carbonyl (C=O) groups is 1. The Bertz CT molecular complexity index is 235. The molecule has 0 radical (unpaired) electrons. The second-order valence-electron chi connectivity index (χ2n) is 3.28. The SMILES string of the molecule is CC1C=CCCC1/C=N/NC(N)=O. The van der Waals surface area contributed by atoms with E-state index in [4.69, 9.17) is 5.73 Å². The van der Waals surface area contributed by atoms with Crippen LogP contribution in [0.2, 0.25) is 0 Å². The first-order valence-electron chi connectivity index (χ1n) is 4.45. The van der Waals surface area contributed by atoms with Crippen LogP contribution >= 0.6 is 0 Å². The number of rotatable bonds is 2. The molecule has 1 rings (SSSR count). The number of nitrogens with one attached hydrogen (secondary N) is 1. The molecule has 0 bridgehead atoms. The molecule has 2 atom stereocenters. The molecule has 0 aliphatic heterocycles. The number of urea groups is 1. The molecule has 0 saturated heterocycles. The Morgan fingerprint density at radius 1 is 1.77 bits per heavy atom. The molecular weight excluding hydrogens is 166 g/mol. The lowest BCUT2D eigenvalue weighted by Crippen LogP contribution is -2.25. The van der Waals surface area contributed by atoms with E-state index in [-0.39, 0.29) is 0 Å². The van der Waals surface area contributed by atoms with Gasteiger partial charge in [-0.25, -0.2) is 10.2 Å². The molecular formula is C9H15N3O. The molecule has 4 nitrogen and oxygen atoms in total. The largest absolute Gasteiger partial charge is 0.350 e. The van der Waals surface area contributed by atoms with E-state index < -0.39 is 6.03 Å². The highest BCUT2D eigenvalue weighted by Crippen LogP contribution is 2.22. The first-order valence-corrected chi connectivity index (χ1v) is 4.45. The smallest absolute Gasteiger partial charge is 0.332 e. The van der Waals surface area contributed by atoms with Crippen molar-refractivity contribution >= 4 is 12.2 Å². The van der Waals surface area contributed by atoms with Crippen LogP contribution in [0.5, 0.6) is 0 Å². The van der Waals surface area contributed by atoms with Crippen LogP contribution in [0.25, 0.3) is 0 Å². The fourth-order valence-electron chi connectivity index (χ4n) is 1.41. The van der Waals surface area contributed by atoms with Crippen LogP contribution in [-0.4, -0.2) is 12.2 Å². The number of hydrogen-bond donors (Lipinski definition) is 2. The molecule has 13 heavy (non-hydrogen) atoms. The number of hydrazone groups is 1. The van der Waals surface area contributed by atoms with Gasteiger partial charge < -0.3 is 5.73 Å². The van der Waals surface area contributed by atoms with Crippen LogP contribution in [0.1, 0.15) is 19.8 Å². The topological polar surface area (TPSA) is 67.5 Å². The molecule has 3 N–H and O–H groups in total. The molecule has 0 fully saturated rings. The molecule has 4 heteroatoms. The Morgan fingerprint density at radius 3 is 3.15 bits per heavy atom. The van der Waals surface area contributed by atoms with Gasteiger partial charge in [-0.05, 0) is 18.8 Å². The van der Waals surface area contributed by atoms with Gasteiger partial charge in [-0.3, -0.25) is 0 Å². The van der Waals surface area contributed by atoms with E-state index in [9.17, 15) is 4.79 Å². The fourth-order valence-corrected chi connectivity index (χ4v) is 1.41. The zero-order valence-corrected chi connectivity index (χ0v) is 7.73.